The van der Waals surface area contributed by atoms with Crippen molar-refractivity contribution in [3.63, 3.8) is 0 Å². The second kappa shape index (κ2) is 7.91. The Morgan fingerprint density at radius 1 is 1.22 bits per heavy atom. The maximum atomic E-state index is 14.3. The molecule has 1 aromatic carbocycles. The van der Waals surface area contributed by atoms with E-state index in [4.69, 9.17) is 34.8 Å². The second-order valence-electron chi connectivity index (χ2n) is 6.48. The molecule has 1 saturated heterocycles. The molecule has 0 radical (unpaired) electrons. The summed E-state index contributed by atoms with van der Waals surface area (Å²) < 4.78 is 12.4. The van der Waals surface area contributed by atoms with Gasteiger partial charge in [0.1, 0.15) is 12.0 Å². The van der Waals surface area contributed by atoms with Gasteiger partial charge in [0.25, 0.3) is 5.91 Å². The Balaban J connectivity index is 2.01. The van der Waals surface area contributed by atoms with Crippen molar-refractivity contribution < 1.29 is 14.0 Å². The highest BCUT2D eigenvalue weighted by Gasteiger charge is 2.45. The normalized spacial score (nSPS) is 21.6. The number of para-hydroxylation sites is 1. The van der Waals surface area contributed by atoms with E-state index in [1.54, 1.807) is 6.07 Å². The highest BCUT2D eigenvalue weighted by Crippen LogP contribution is 2.34. The predicted molar refractivity (Wildman–Crippen MR) is 104 cm³/mol. The minimum Gasteiger partial charge on any atom is -0.289 e. The summed E-state index contributed by atoms with van der Waals surface area (Å²) in [5.74, 6) is -1.67. The third-order valence-corrected chi connectivity index (χ3v) is 5.21. The number of anilines is 1. The van der Waals surface area contributed by atoms with Crippen LogP contribution < -0.4 is 10.2 Å². The van der Waals surface area contributed by atoms with E-state index in [-0.39, 0.29) is 17.6 Å². The molecule has 1 aliphatic heterocycles. The molecule has 1 unspecified atom stereocenters. The molecule has 1 heterocycles. The lowest BCUT2D eigenvalue weighted by Crippen LogP contribution is -2.46. The van der Waals surface area contributed by atoms with Crippen molar-refractivity contribution >= 4 is 58.3 Å². The van der Waals surface area contributed by atoms with Gasteiger partial charge in [0.15, 0.2) is 0 Å². The summed E-state index contributed by atoms with van der Waals surface area (Å²) in [4.78, 5) is 31.1. The molecule has 146 valence electrons. The van der Waals surface area contributed by atoms with E-state index in [0.717, 1.165) is 35.5 Å². The molecule has 2 fully saturated rings. The molecule has 3 amide bonds. The lowest BCUT2D eigenvalue weighted by Gasteiger charge is -2.26. The fraction of sp³-hybridized carbons (Fsp3) is 0.471. The molecule has 1 saturated carbocycles. The van der Waals surface area contributed by atoms with Crippen LogP contribution in [0.15, 0.2) is 29.3 Å². The van der Waals surface area contributed by atoms with Gasteiger partial charge in [-0.3, -0.25) is 15.0 Å². The molecule has 1 N–H and O–H groups in total. The van der Waals surface area contributed by atoms with Crippen molar-refractivity contribution in [2.45, 2.75) is 41.7 Å². The van der Waals surface area contributed by atoms with E-state index in [0.29, 0.717) is 0 Å². The van der Waals surface area contributed by atoms with E-state index in [1.807, 2.05) is 0 Å². The molecule has 1 aliphatic carbocycles. The topological polar surface area (TPSA) is 65.0 Å². The molecular formula is C17H18Cl3FN4O2. The van der Waals surface area contributed by atoms with E-state index in [2.05, 4.69) is 10.3 Å². The van der Waals surface area contributed by atoms with Crippen molar-refractivity contribution in [1.82, 2.24) is 10.2 Å². The fourth-order valence-electron chi connectivity index (χ4n) is 3.18. The summed E-state index contributed by atoms with van der Waals surface area (Å²) in [5.41, 5.74) is -0.0946. The van der Waals surface area contributed by atoms with Gasteiger partial charge < -0.3 is 0 Å². The third kappa shape index (κ3) is 4.21. The average Bonchev–Trinajstić information content (AvgIpc) is 3.18. The van der Waals surface area contributed by atoms with Crippen molar-refractivity contribution in [2.75, 3.05) is 11.9 Å². The number of likely N-dealkylation sites (N-methyl/N-ethyl adjacent to an activating group) is 1. The van der Waals surface area contributed by atoms with Crippen LogP contribution in [0.4, 0.5) is 14.9 Å². The molecule has 0 aromatic heterocycles. The van der Waals surface area contributed by atoms with Gasteiger partial charge in [0, 0.05) is 13.1 Å². The minimum absolute atomic E-state index is 0.0850. The Labute approximate surface area is 171 Å². The van der Waals surface area contributed by atoms with Crippen LogP contribution in [0.2, 0.25) is 0 Å². The molecule has 10 heteroatoms. The summed E-state index contributed by atoms with van der Waals surface area (Å²) >= 11 is 18.2. The van der Waals surface area contributed by atoms with Crippen molar-refractivity contribution in [3.8, 4) is 0 Å². The minimum atomic E-state index is -1.86. The first-order chi connectivity index (χ1) is 12.7. The zero-order valence-electron chi connectivity index (χ0n) is 14.5. The summed E-state index contributed by atoms with van der Waals surface area (Å²) in [5, 5.41) is 3.13. The van der Waals surface area contributed by atoms with E-state index < -0.39 is 27.7 Å². The summed E-state index contributed by atoms with van der Waals surface area (Å²) in [6.07, 6.45) is 2.81. The number of nitrogens with one attached hydrogen (secondary N) is 1. The molecule has 1 atom stereocenters. The lowest BCUT2D eigenvalue weighted by atomic mass is 10.2. The quantitative estimate of drug-likeness (QED) is 0.577. The first kappa shape index (κ1) is 20.3. The van der Waals surface area contributed by atoms with Crippen LogP contribution in [0.3, 0.4) is 0 Å². The number of aliphatic imine (C=N–C) groups is 1. The highest BCUT2D eigenvalue weighted by atomic mass is 35.6. The number of urea groups is 1. The van der Waals surface area contributed by atoms with Crippen molar-refractivity contribution in [2.24, 2.45) is 4.99 Å². The summed E-state index contributed by atoms with van der Waals surface area (Å²) in [7, 11) is 1.29. The van der Waals surface area contributed by atoms with Gasteiger partial charge in [-0.2, -0.15) is 0 Å². The molecule has 0 spiro atoms. The largest absolute Gasteiger partial charge is 0.337 e. The number of carbonyl (C=O) groups is 2. The van der Waals surface area contributed by atoms with Gasteiger partial charge in [0.2, 0.25) is 9.63 Å². The Morgan fingerprint density at radius 3 is 2.44 bits per heavy atom. The zero-order chi connectivity index (χ0) is 19.8. The number of nitrogens with zero attached hydrogens (tertiary/aromatic N) is 3. The maximum absolute atomic E-state index is 14.3. The van der Waals surface area contributed by atoms with Gasteiger partial charge in [-0.05, 0) is 25.0 Å². The number of rotatable bonds is 4. The monoisotopic (exact) mass is 434 g/mol. The van der Waals surface area contributed by atoms with E-state index in [9.17, 15) is 14.0 Å². The van der Waals surface area contributed by atoms with Crippen LogP contribution in [-0.2, 0) is 4.79 Å². The maximum Gasteiger partial charge on any atom is 0.337 e. The number of imide groups is 1. The third-order valence-electron chi connectivity index (χ3n) is 4.59. The van der Waals surface area contributed by atoms with Gasteiger partial charge in [-0.25, -0.2) is 19.1 Å². The van der Waals surface area contributed by atoms with Crippen LogP contribution >= 0.6 is 34.8 Å². The Hall–Kier alpha value is -1.41. The number of amides is 3. The van der Waals surface area contributed by atoms with Gasteiger partial charge in [-0.15, -0.1) is 0 Å². The Bertz CT molecular complexity index is 778. The smallest absolute Gasteiger partial charge is 0.289 e. The SMILES string of the molecule is CN1C(=O)/C(=N\C(NC2CCCC2)C(Cl)(Cl)Cl)N(c2ccccc2F)C1=O. The van der Waals surface area contributed by atoms with Gasteiger partial charge >= 0.3 is 6.03 Å². The molecule has 0 bridgehead atoms. The zero-order valence-corrected chi connectivity index (χ0v) is 16.7. The molecule has 27 heavy (non-hydrogen) atoms. The van der Waals surface area contributed by atoms with Crippen molar-refractivity contribution in [3.05, 3.63) is 30.1 Å². The van der Waals surface area contributed by atoms with Crippen LogP contribution in [-0.4, -0.2) is 45.7 Å². The van der Waals surface area contributed by atoms with Gasteiger partial charge in [-0.1, -0.05) is 59.8 Å². The van der Waals surface area contributed by atoms with Crippen LogP contribution in [0.5, 0.6) is 0 Å². The Morgan fingerprint density at radius 2 is 1.85 bits per heavy atom. The van der Waals surface area contributed by atoms with E-state index >= 15 is 0 Å². The van der Waals surface area contributed by atoms with E-state index in [1.165, 1.54) is 25.2 Å². The number of halogens is 4. The number of amidine groups is 1. The standard InChI is InChI=1S/C17H18Cl3FN4O2/c1-24-14(26)13(25(16(24)27)12-9-5-4-8-11(12)21)23-15(17(18,19)20)22-10-6-2-3-7-10/h4-5,8-10,15,22H,2-3,6-7H2,1H3/b23-13+. The molecule has 1 aromatic rings. The number of carbonyl (C=O) groups excluding carboxylic acids is 2. The number of hydrogen-bond donors (Lipinski definition) is 1. The Kier molecular flexibility index (Phi) is 5.96. The van der Waals surface area contributed by atoms with Crippen LogP contribution in [0, 0.1) is 5.82 Å². The first-order valence-corrected chi connectivity index (χ1v) is 9.60. The number of alkyl halides is 3. The fourth-order valence-corrected chi connectivity index (χ4v) is 3.51. The molecular weight excluding hydrogens is 418 g/mol. The summed E-state index contributed by atoms with van der Waals surface area (Å²) in [6.45, 7) is 0. The number of hydrogen-bond acceptors (Lipinski definition) is 4. The van der Waals surface area contributed by atoms with Crippen molar-refractivity contribution in [1.29, 1.82) is 0 Å². The average molecular weight is 436 g/mol. The molecule has 3 rings (SSSR count). The predicted octanol–water partition coefficient (Wildman–Crippen LogP) is 3.85. The van der Waals surface area contributed by atoms with Crippen LogP contribution in [0.1, 0.15) is 25.7 Å². The molecule has 6 nitrogen and oxygen atoms in total. The second-order valence-corrected chi connectivity index (χ2v) is 8.85. The summed E-state index contributed by atoms with van der Waals surface area (Å²) in [6, 6.07) is 4.95. The first-order valence-electron chi connectivity index (χ1n) is 8.47. The van der Waals surface area contributed by atoms with Gasteiger partial charge in [0.05, 0.1) is 5.69 Å². The lowest BCUT2D eigenvalue weighted by molar-refractivity contribution is -0.119. The van der Waals surface area contributed by atoms with Crippen LogP contribution in [0.25, 0.3) is 0 Å². The highest BCUT2D eigenvalue weighted by molar-refractivity contribution is 6.68. The number of benzene rings is 1. The molecule has 2 aliphatic rings.